The molecule has 0 N–H and O–H groups in total. The number of hydrogen-bond acceptors (Lipinski definition) is 6. The molecule has 0 saturated heterocycles. The van der Waals surface area contributed by atoms with Gasteiger partial charge >= 0.3 is 0 Å². The van der Waals surface area contributed by atoms with E-state index in [-0.39, 0.29) is 10.8 Å². The summed E-state index contributed by atoms with van der Waals surface area (Å²) in [5.41, 5.74) is 11.0. The molecule has 6 nitrogen and oxygen atoms in total. The molecule has 0 amide bonds. The Morgan fingerprint density at radius 1 is 0.411 bits per heavy atom. The van der Waals surface area contributed by atoms with E-state index in [1.165, 1.54) is 50.1 Å². The first-order valence-corrected chi connectivity index (χ1v) is 20.3. The third kappa shape index (κ3) is 10.5. The Morgan fingerprint density at radius 3 is 1.23 bits per heavy atom. The maximum Gasteiger partial charge on any atom is 0.161 e. The molecule has 2 aliphatic heterocycles. The summed E-state index contributed by atoms with van der Waals surface area (Å²) in [6.45, 7) is 14.9. The molecule has 8 rings (SSSR count). The Kier molecular flexibility index (Phi) is 12.7. The molecule has 0 radical (unpaired) electrons. The number of benzene rings is 5. The van der Waals surface area contributed by atoms with Crippen LogP contribution in [0.15, 0.2) is 103 Å². The van der Waals surface area contributed by atoms with Crippen LogP contribution < -0.4 is 18.9 Å². The second-order valence-corrected chi connectivity index (χ2v) is 17.1. The minimum atomic E-state index is -0.0384. The van der Waals surface area contributed by atoms with Crippen LogP contribution in [0.2, 0.25) is 0 Å². The second-order valence-electron chi connectivity index (χ2n) is 17.1. The summed E-state index contributed by atoms with van der Waals surface area (Å²) in [5.74, 6) is 3.31. The van der Waals surface area contributed by atoms with Crippen LogP contribution in [0, 0.1) is 5.41 Å². The van der Waals surface area contributed by atoms with Crippen molar-refractivity contribution >= 4 is 0 Å². The largest absolute Gasteiger partial charge is 0.491 e. The van der Waals surface area contributed by atoms with E-state index in [0.29, 0.717) is 58.6 Å². The SMILES string of the molecule is CC(C)(C)CC(C)(C)c1ccc2c(c1)OCCOCCOc1c3cccc1Cc1cccc(c1)Cc1cccc(c1OCCOCCO2)Cc1cccc(c1)C3. The van der Waals surface area contributed by atoms with Gasteiger partial charge in [0.05, 0.1) is 26.4 Å². The summed E-state index contributed by atoms with van der Waals surface area (Å²) in [6, 6.07) is 37.2. The van der Waals surface area contributed by atoms with E-state index in [2.05, 4.69) is 132 Å². The zero-order valence-corrected chi connectivity index (χ0v) is 34.0. The van der Waals surface area contributed by atoms with Gasteiger partial charge in [0.1, 0.15) is 37.9 Å². The predicted octanol–water partition coefficient (Wildman–Crippen LogP) is 10.3. The first kappa shape index (κ1) is 39.5. The molecule has 5 aromatic rings. The van der Waals surface area contributed by atoms with E-state index < -0.39 is 0 Å². The third-order valence-corrected chi connectivity index (χ3v) is 10.5. The molecule has 294 valence electrons. The Bertz CT molecular complexity index is 1990. The Balaban J connectivity index is 1.19. The van der Waals surface area contributed by atoms with Crippen molar-refractivity contribution in [3.8, 4) is 23.0 Å². The highest BCUT2D eigenvalue weighted by atomic mass is 16.6. The quantitative estimate of drug-likeness (QED) is 0.164. The Hall–Kier alpha value is -4.78. The smallest absolute Gasteiger partial charge is 0.161 e. The van der Waals surface area contributed by atoms with Crippen LogP contribution in [0.3, 0.4) is 0 Å². The van der Waals surface area contributed by atoms with Crippen molar-refractivity contribution in [1.29, 1.82) is 0 Å². The van der Waals surface area contributed by atoms with Gasteiger partial charge in [-0.1, -0.05) is 126 Å². The summed E-state index contributed by atoms with van der Waals surface area (Å²) >= 11 is 0. The van der Waals surface area contributed by atoms with Crippen LogP contribution in [0.25, 0.3) is 0 Å². The van der Waals surface area contributed by atoms with Gasteiger partial charge in [-0.25, -0.2) is 0 Å². The number of hydrogen-bond donors (Lipinski definition) is 0. The zero-order chi connectivity index (χ0) is 39.0. The molecule has 1 aliphatic carbocycles. The number of para-hydroxylation sites is 2. The number of ether oxygens (including phenoxy) is 6. The highest BCUT2D eigenvalue weighted by molar-refractivity contribution is 5.50. The average molecular weight is 755 g/mol. The van der Waals surface area contributed by atoms with E-state index in [0.717, 1.165) is 49.4 Å². The number of rotatable bonds is 2. The Morgan fingerprint density at radius 2 is 0.804 bits per heavy atom. The average Bonchev–Trinajstić information content (AvgIpc) is 3.15. The van der Waals surface area contributed by atoms with Crippen molar-refractivity contribution in [2.24, 2.45) is 5.41 Å². The van der Waals surface area contributed by atoms with Crippen LogP contribution in [0.1, 0.15) is 91.1 Å². The van der Waals surface area contributed by atoms with E-state index in [1.54, 1.807) is 0 Å². The molecule has 10 bridgehead atoms. The van der Waals surface area contributed by atoms with Crippen LogP contribution in [-0.4, -0.2) is 52.9 Å². The molecule has 0 fully saturated rings. The van der Waals surface area contributed by atoms with Crippen molar-refractivity contribution in [2.75, 3.05) is 52.9 Å². The van der Waals surface area contributed by atoms with Gasteiger partial charge in [0.15, 0.2) is 11.5 Å². The normalized spacial score (nSPS) is 15.9. The molecule has 0 unspecified atom stereocenters. The first-order chi connectivity index (χ1) is 27.1. The lowest BCUT2D eigenvalue weighted by Gasteiger charge is -2.33. The molecular formula is C50H58O6. The summed E-state index contributed by atoms with van der Waals surface area (Å²) in [6.07, 6.45) is 4.10. The molecule has 0 aromatic heterocycles. The minimum Gasteiger partial charge on any atom is -0.491 e. The maximum absolute atomic E-state index is 6.65. The molecule has 56 heavy (non-hydrogen) atoms. The van der Waals surface area contributed by atoms with E-state index in [1.807, 2.05) is 6.07 Å². The molecule has 0 spiro atoms. The highest BCUT2D eigenvalue weighted by Crippen LogP contribution is 2.40. The second kappa shape index (κ2) is 18.0. The van der Waals surface area contributed by atoms with Crippen molar-refractivity contribution < 1.29 is 28.4 Å². The molecule has 0 atom stereocenters. The van der Waals surface area contributed by atoms with E-state index in [4.69, 9.17) is 28.4 Å². The van der Waals surface area contributed by atoms with Crippen LogP contribution >= 0.6 is 0 Å². The summed E-state index contributed by atoms with van der Waals surface area (Å²) in [4.78, 5) is 0. The lowest BCUT2D eigenvalue weighted by Crippen LogP contribution is -2.25. The summed E-state index contributed by atoms with van der Waals surface area (Å²) in [5, 5.41) is 0. The van der Waals surface area contributed by atoms with Crippen LogP contribution in [0.5, 0.6) is 23.0 Å². The van der Waals surface area contributed by atoms with Gasteiger partial charge in [0, 0.05) is 25.7 Å². The Labute approximate surface area is 334 Å². The van der Waals surface area contributed by atoms with Crippen molar-refractivity contribution in [3.05, 3.63) is 153 Å². The zero-order valence-electron chi connectivity index (χ0n) is 34.0. The van der Waals surface area contributed by atoms with E-state index >= 15 is 0 Å². The maximum atomic E-state index is 6.65. The predicted molar refractivity (Wildman–Crippen MR) is 224 cm³/mol. The van der Waals surface area contributed by atoms with Gasteiger partial charge in [-0.2, -0.15) is 0 Å². The van der Waals surface area contributed by atoms with Gasteiger partial charge in [0.2, 0.25) is 0 Å². The fourth-order valence-electron chi connectivity index (χ4n) is 8.40. The fraction of sp³-hybridized carbons (Fsp3) is 0.400. The summed E-state index contributed by atoms with van der Waals surface area (Å²) < 4.78 is 38.1. The highest BCUT2D eigenvalue weighted by Gasteiger charge is 2.28. The lowest BCUT2D eigenvalue weighted by atomic mass is 9.72. The van der Waals surface area contributed by atoms with Gasteiger partial charge in [0.25, 0.3) is 0 Å². The molecule has 2 heterocycles. The molecule has 3 aliphatic rings. The minimum absolute atomic E-state index is 0.0384. The topological polar surface area (TPSA) is 55.4 Å². The lowest BCUT2D eigenvalue weighted by molar-refractivity contribution is 0.0695. The van der Waals surface area contributed by atoms with Gasteiger partial charge in [-0.15, -0.1) is 0 Å². The molecule has 0 saturated carbocycles. The molecular weight excluding hydrogens is 697 g/mol. The van der Waals surface area contributed by atoms with Crippen LogP contribution in [0.4, 0.5) is 0 Å². The first-order valence-electron chi connectivity index (χ1n) is 20.3. The van der Waals surface area contributed by atoms with E-state index in [9.17, 15) is 0 Å². The molecule has 5 aromatic carbocycles. The van der Waals surface area contributed by atoms with Crippen LogP contribution in [-0.2, 0) is 40.6 Å². The van der Waals surface area contributed by atoms with Gasteiger partial charge in [-0.05, 0) is 79.5 Å². The van der Waals surface area contributed by atoms with Crippen molar-refractivity contribution in [1.82, 2.24) is 0 Å². The van der Waals surface area contributed by atoms with Gasteiger partial charge in [-0.3, -0.25) is 0 Å². The monoisotopic (exact) mass is 754 g/mol. The van der Waals surface area contributed by atoms with Gasteiger partial charge < -0.3 is 28.4 Å². The van der Waals surface area contributed by atoms with Crippen molar-refractivity contribution in [2.45, 2.75) is 72.1 Å². The molecule has 6 heteroatoms. The standard InChI is InChI=1S/C50H58O6/c1-49(2,3)35-50(4,5)44-18-19-45-46(34-44)54-25-21-52-23-27-56-48-42-16-9-17-43(48)33-39-13-7-11-37(29-39)31-41-15-8-14-40(30-36-10-6-12-38(28-36)32-42)47(41)55-26-22-51-20-24-53-45/h6-19,28-29,34H,20-27,30-33,35H2,1-5H3. The summed E-state index contributed by atoms with van der Waals surface area (Å²) in [7, 11) is 0. The van der Waals surface area contributed by atoms with Crippen molar-refractivity contribution in [3.63, 3.8) is 0 Å². The third-order valence-electron chi connectivity index (χ3n) is 10.5. The number of fused-ring (bicyclic) bond motifs is 12. The fourth-order valence-corrected chi connectivity index (χ4v) is 8.40.